The molecule has 0 aliphatic heterocycles. The van der Waals surface area contributed by atoms with Crippen LogP contribution < -0.4 is 0 Å². The van der Waals surface area contributed by atoms with E-state index < -0.39 is 22.5 Å². The quantitative estimate of drug-likeness (QED) is 0.858. The minimum atomic E-state index is -3.71. The highest BCUT2D eigenvalue weighted by molar-refractivity contribution is 7.89. The van der Waals surface area contributed by atoms with Gasteiger partial charge in [-0.25, -0.2) is 8.42 Å². The van der Waals surface area contributed by atoms with Crippen LogP contribution >= 0.6 is 0 Å². The predicted molar refractivity (Wildman–Crippen MR) is 70.4 cm³/mol. The number of carboxylic acids is 1. The number of carbonyl (C=O) groups is 1. The van der Waals surface area contributed by atoms with E-state index in [1.54, 1.807) is 24.3 Å². The second kappa shape index (κ2) is 5.30. The average molecular weight is 283 g/mol. The first-order valence-corrected chi connectivity index (χ1v) is 7.71. The van der Waals surface area contributed by atoms with Crippen LogP contribution in [-0.2, 0) is 21.2 Å². The first kappa shape index (κ1) is 14.0. The number of rotatable bonds is 6. The molecule has 1 aliphatic rings. The van der Waals surface area contributed by atoms with Crippen molar-refractivity contribution in [1.82, 2.24) is 4.31 Å². The van der Waals surface area contributed by atoms with Gasteiger partial charge in [0.2, 0.25) is 10.0 Å². The Morgan fingerprint density at radius 1 is 1.32 bits per heavy atom. The third kappa shape index (κ3) is 3.13. The van der Waals surface area contributed by atoms with E-state index in [1.807, 2.05) is 6.92 Å². The highest BCUT2D eigenvalue weighted by Gasteiger charge is 2.39. The van der Waals surface area contributed by atoms with Gasteiger partial charge in [-0.3, -0.25) is 4.79 Å². The van der Waals surface area contributed by atoms with E-state index in [2.05, 4.69) is 0 Å². The molecular weight excluding hydrogens is 266 g/mol. The number of nitrogens with zero attached hydrogens (tertiary/aromatic N) is 1. The number of aryl methyl sites for hydroxylation is 1. The highest BCUT2D eigenvalue weighted by Crippen LogP contribution is 2.31. The summed E-state index contributed by atoms with van der Waals surface area (Å²) in [5.41, 5.74) is 1.05. The van der Waals surface area contributed by atoms with Gasteiger partial charge in [0.15, 0.2) is 0 Å². The highest BCUT2D eigenvalue weighted by atomic mass is 32.2. The van der Waals surface area contributed by atoms with E-state index in [9.17, 15) is 13.2 Å². The Kier molecular flexibility index (Phi) is 3.91. The normalized spacial score (nSPS) is 15.7. The van der Waals surface area contributed by atoms with E-state index >= 15 is 0 Å². The number of aliphatic carboxylic acids is 1. The molecule has 6 heteroatoms. The maximum atomic E-state index is 12.4. The molecule has 0 bridgehead atoms. The van der Waals surface area contributed by atoms with Gasteiger partial charge in [0.1, 0.15) is 6.54 Å². The minimum Gasteiger partial charge on any atom is -0.480 e. The van der Waals surface area contributed by atoms with E-state index in [-0.39, 0.29) is 10.9 Å². The number of hydrogen-bond acceptors (Lipinski definition) is 3. The van der Waals surface area contributed by atoms with Gasteiger partial charge >= 0.3 is 5.97 Å². The molecule has 1 aromatic carbocycles. The molecule has 0 amide bonds. The van der Waals surface area contributed by atoms with E-state index in [0.717, 1.165) is 29.1 Å². The smallest absolute Gasteiger partial charge is 0.318 e. The molecule has 0 heterocycles. The molecule has 1 N–H and O–H groups in total. The number of sulfonamides is 1. The summed E-state index contributed by atoms with van der Waals surface area (Å²) in [5, 5.41) is 8.85. The molecular formula is C13H17NO4S. The molecule has 0 radical (unpaired) electrons. The largest absolute Gasteiger partial charge is 0.480 e. The molecule has 0 atom stereocenters. The van der Waals surface area contributed by atoms with Crippen LogP contribution in [0.1, 0.15) is 25.3 Å². The van der Waals surface area contributed by atoms with Gasteiger partial charge in [-0.2, -0.15) is 4.31 Å². The Hall–Kier alpha value is -1.40. The average Bonchev–Trinajstić information content (AvgIpc) is 3.20. The van der Waals surface area contributed by atoms with Gasteiger partial charge in [-0.05, 0) is 37.0 Å². The summed E-state index contributed by atoms with van der Waals surface area (Å²) in [6.07, 6.45) is 2.31. The van der Waals surface area contributed by atoms with Gasteiger partial charge in [0.25, 0.3) is 0 Å². The van der Waals surface area contributed by atoms with Crippen LogP contribution in [0.25, 0.3) is 0 Å². The van der Waals surface area contributed by atoms with Crippen molar-refractivity contribution in [1.29, 1.82) is 0 Å². The molecule has 1 aliphatic carbocycles. The fourth-order valence-corrected chi connectivity index (χ4v) is 3.57. The Labute approximate surface area is 112 Å². The van der Waals surface area contributed by atoms with Gasteiger partial charge in [0.05, 0.1) is 4.90 Å². The van der Waals surface area contributed by atoms with Crippen molar-refractivity contribution in [2.24, 2.45) is 0 Å². The van der Waals surface area contributed by atoms with Crippen LogP contribution in [0, 0.1) is 0 Å². The van der Waals surface area contributed by atoms with Crippen LogP contribution in [0.5, 0.6) is 0 Å². The zero-order valence-corrected chi connectivity index (χ0v) is 11.6. The van der Waals surface area contributed by atoms with Crippen LogP contribution in [-0.4, -0.2) is 36.4 Å². The van der Waals surface area contributed by atoms with Crippen molar-refractivity contribution >= 4 is 16.0 Å². The summed E-state index contributed by atoms with van der Waals surface area (Å²) in [6, 6.07) is 6.46. The maximum Gasteiger partial charge on any atom is 0.318 e. The lowest BCUT2D eigenvalue weighted by molar-refractivity contribution is -0.137. The summed E-state index contributed by atoms with van der Waals surface area (Å²) in [5.74, 6) is -1.12. The monoisotopic (exact) mass is 283 g/mol. The molecule has 2 rings (SSSR count). The molecule has 0 unspecified atom stereocenters. The topological polar surface area (TPSA) is 74.7 Å². The molecule has 104 valence electrons. The lowest BCUT2D eigenvalue weighted by Gasteiger charge is -2.19. The fourth-order valence-electron chi connectivity index (χ4n) is 1.94. The maximum absolute atomic E-state index is 12.4. The molecule has 0 aromatic heterocycles. The first-order valence-electron chi connectivity index (χ1n) is 6.27. The number of hydrogen-bond donors (Lipinski definition) is 1. The summed E-state index contributed by atoms with van der Waals surface area (Å²) >= 11 is 0. The summed E-state index contributed by atoms with van der Waals surface area (Å²) in [4.78, 5) is 11.0. The summed E-state index contributed by atoms with van der Waals surface area (Å²) in [7, 11) is -3.71. The van der Waals surface area contributed by atoms with Crippen molar-refractivity contribution in [3.8, 4) is 0 Å². The first-order chi connectivity index (χ1) is 8.95. The standard InChI is InChI=1S/C13H17NO4S/c1-2-10-3-7-12(8-4-10)19(17,18)14(9-13(15)16)11-5-6-11/h3-4,7-8,11H,2,5-6,9H2,1H3,(H,15,16). The summed E-state index contributed by atoms with van der Waals surface area (Å²) < 4.78 is 25.9. The van der Waals surface area contributed by atoms with Crippen molar-refractivity contribution in [2.75, 3.05) is 6.54 Å². The third-order valence-corrected chi connectivity index (χ3v) is 5.10. The molecule has 0 saturated heterocycles. The Morgan fingerprint density at radius 2 is 1.89 bits per heavy atom. The Balaban J connectivity index is 2.30. The van der Waals surface area contributed by atoms with Gasteiger partial charge in [0, 0.05) is 6.04 Å². The van der Waals surface area contributed by atoms with Crippen LogP contribution in [0.2, 0.25) is 0 Å². The number of carboxylic acid groups (broad SMARTS) is 1. The minimum absolute atomic E-state index is 0.160. The van der Waals surface area contributed by atoms with Gasteiger partial charge in [-0.1, -0.05) is 19.1 Å². The second-order valence-electron chi connectivity index (χ2n) is 4.67. The lowest BCUT2D eigenvalue weighted by atomic mass is 10.2. The number of benzene rings is 1. The van der Waals surface area contributed by atoms with E-state index in [4.69, 9.17) is 5.11 Å². The lowest BCUT2D eigenvalue weighted by Crippen LogP contribution is -2.37. The van der Waals surface area contributed by atoms with Crippen molar-refractivity contribution in [3.63, 3.8) is 0 Å². The zero-order valence-electron chi connectivity index (χ0n) is 10.7. The third-order valence-electron chi connectivity index (χ3n) is 3.18. The molecule has 19 heavy (non-hydrogen) atoms. The molecule has 1 fully saturated rings. The van der Waals surface area contributed by atoms with Crippen LogP contribution in [0.3, 0.4) is 0 Å². The molecule has 5 nitrogen and oxygen atoms in total. The molecule has 1 aromatic rings. The van der Waals surface area contributed by atoms with Gasteiger partial charge in [-0.15, -0.1) is 0 Å². The van der Waals surface area contributed by atoms with Crippen molar-refractivity contribution < 1.29 is 18.3 Å². The molecule has 0 spiro atoms. The van der Waals surface area contributed by atoms with Crippen LogP contribution in [0.4, 0.5) is 0 Å². The predicted octanol–water partition coefficient (Wildman–Crippen LogP) is 1.49. The summed E-state index contributed by atoms with van der Waals surface area (Å²) in [6.45, 7) is 1.52. The fraction of sp³-hybridized carbons (Fsp3) is 0.462. The van der Waals surface area contributed by atoms with Crippen LogP contribution in [0.15, 0.2) is 29.2 Å². The second-order valence-corrected chi connectivity index (χ2v) is 6.56. The SMILES string of the molecule is CCc1ccc(S(=O)(=O)N(CC(=O)O)C2CC2)cc1. The molecule has 1 saturated carbocycles. The Bertz CT molecular complexity index is 561. The zero-order chi connectivity index (χ0) is 14.0. The van der Waals surface area contributed by atoms with Crippen molar-refractivity contribution in [2.45, 2.75) is 37.1 Å². The van der Waals surface area contributed by atoms with E-state index in [1.165, 1.54) is 0 Å². The Morgan fingerprint density at radius 3 is 2.32 bits per heavy atom. The van der Waals surface area contributed by atoms with E-state index in [0.29, 0.717) is 0 Å². The van der Waals surface area contributed by atoms with Crippen molar-refractivity contribution in [3.05, 3.63) is 29.8 Å². The van der Waals surface area contributed by atoms with Gasteiger partial charge < -0.3 is 5.11 Å².